The monoisotopic (exact) mass is 353 g/mol. The van der Waals surface area contributed by atoms with Gasteiger partial charge in [0.05, 0.1) is 18.5 Å². The molecule has 2 heterocycles. The van der Waals surface area contributed by atoms with Crippen molar-refractivity contribution < 1.29 is 22.7 Å². The summed E-state index contributed by atoms with van der Waals surface area (Å²) >= 11 is 0. The van der Waals surface area contributed by atoms with E-state index in [4.69, 9.17) is 4.74 Å². The lowest BCUT2D eigenvalue weighted by Crippen LogP contribution is -2.56. The summed E-state index contributed by atoms with van der Waals surface area (Å²) < 4.78 is 31.1. The molecular weight excluding hydrogens is 334 g/mol. The fourth-order valence-corrected chi connectivity index (χ4v) is 3.81. The molecule has 24 heavy (non-hydrogen) atoms. The smallest absolute Gasteiger partial charge is 0.265 e. The average molecular weight is 353 g/mol. The van der Waals surface area contributed by atoms with Crippen LogP contribution in [0.15, 0.2) is 24.3 Å². The molecular formula is C15H19N3O5S. The first-order valence-corrected chi connectivity index (χ1v) is 9.46. The second-order valence-corrected chi connectivity index (χ2v) is 7.74. The maximum absolute atomic E-state index is 12.7. The molecule has 0 spiro atoms. The Morgan fingerprint density at radius 3 is 2.50 bits per heavy atom. The number of benzene rings is 1. The molecule has 1 saturated heterocycles. The maximum atomic E-state index is 12.7. The lowest BCUT2D eigenvalue weighted by Gasteiger charge is -2.38. The van der Waals surface area contributed by atoms with Crippen molar-refractivity contribution in [3.05, 3.63) is 24.3 Å². The van der Waals surface area contributed by atoms with Gasteiger partial charge in [-0.3, -0.25) is 13.9 Å². The first-order valence-electron chi connectivity index (χ1n) is 7.61. The second-order valence-electron chi connectivity index (χ2n) is 5.83. The van der Waals surface area contributed by atoms with Crippen molar-refractivity contribution in [2.24, 2.45) is 0 Å². The van der Waals surface area contributed by atoms with E-state index in [1.807, 2.05) is 0 Å². The van der Waals surface area contributed by atoms with Gasteiger partial charge in [0, 0.05) is 26.2 Å². The number of nitrogens with zero attached hydrogens (tertiary/aromatic N) is 3. The van der Waals surface area contributed by atoms with Crippen molar-refractivity contribution in [1.29, 1.82) is 0 Å². The van der Waals surface area contributed by atoms with Crippen LogP contribution >= 0.6 is 0 Å². The van der Waals surface area contributed by atoms with E-state index < -0.39 is 16.1 Å². The minimum atomic E-state index is -3.52. The van der Waals surface area contributed by atoms with Crippen LogP contribution in [0.4, 0.5) is 5.69 Å². The van der Waals surface area contributed by atoms with E-state index >= 15 is 0 Å². The van der Waals surface area contributed by atoms with Crippen molar-refractivity contribution in [3.8, 4) is 5.75 Å². The average Bonchev–Trinajstić information content (AvgIpc) is 2.59. The Morgan fingerprint density at radius 2 is 1.88 bits per heavy atom. The number of anilines is 1. The van der Waals surface area contributed by atoms with Gasteiger partial charge in [-0.2, -0.15) is 0 Å². The van der Waals surface area contributed by atoms with E-state index in [2.05, 4.69) is 0 Å². The van der Waals surface area contributed by atoms with Crippen LogP contribution in [0.25, 0.3) is 0 Å². The van der Waals surface area contributed by atoms with Crippen molar-refractivity contribution in [3.63, 3.8) is 0 Å². The van der Waals surface area contributed by atoms with E-state index in [0.29, 0.717) is 37.6 Å². The highest BCUT2D eigenvalue weighted by atomic mass is 32.2. The fourth-order valence-electron chi connectivity index (χ4n) is 2.90. The highest BCUT2D eigenvalue weighted by Crippen LogP contribution is 2.34. The quantitative estimate of drug-likeness (QED) is 0.685. The first-order chi connectivity index (χ1) is 11.4. The number of rotatable bonds is 3. The molecule has 3 rings (SSSR count). The first kappa shape index (κ1) is 16.6. The number of amides is 2. The normalized spacial score (nSPS) is 21.0. The summed E-state index contributed by atoms with van der Waals surface area (Å²) in [7, 11) is -3.52. The van der Waals surface area contributed by atoms with E-state index in [0.717, 1.165) is 12.7 Å². The van der Waals surface area contributed by atoms with Crippen LogP contribution in [-0.2, 0) is 19.6 Å². The zero-order chi connectivity index (χ0) is 17.3. The SMILES string of the molecule is CS(=O)(=O)N1CC(C(=O)N2CCN(C=O)CC2)Oc2ccccc21. The third-order valence-corrected chi connectivity index (χ3v) is 5.33. The molecule has 0 saturated carbocycles. The summed E-state index contributed by atoms with van der Waals surface area (Å²) in [6, 6.07) is 6.76. The molecule has 1 fully saturated rings. The number of hydrogen-bond donors (Lipinski definition) is 0. The molecule has 1 aromatic carbocycles. The zero-order valence-electron chi connectivity index (χ0n) is 13.3. The highest BCUT2D eigenvalue weighted by molar-refractivity contribution is 7.92. The molecule has 2 amide bonds. The summed E-state index contributed by atoms with van der Waals surface area (Å²) in [5.74, 6) is 0.114. The van der Waals surface area contributed by atoms with Crippen molar-refractivity contribution >= 4 is 28.0 Å². The van der Waals surface area contributed by atoms with Gasteiger partial charge in [0.1, 0.15) is 5.75 Å². The Balaban J connectivity index is 1.80. The zero-order valence-corrected chi connectivity index (χ0v) is 14.1. The van der Waals surface area contributed by atoms with Crippen LogP contribution in [0.5, 0.6) is 5.75 Å². The second kappa shape index (κ2) is 6.31. The molecule has 8 nitrogen and oxygen atoms in total. The van der Waals surface area contributed by atoms with Gasteiger partial charge in [-0.25, -0.2) is 8.42 Å². The van der Waals surface area contributed by atoms with Crippen LogP contribution in [0, 0.1) is 0 Å². The van der Waals surface area contributed by atoms with Gasteiger partial charge in [-0.05, 0) is 12.1 Å². The minimum absolute atomic E-state index is 0.0530. The predicted molar refractivity (Wildman–Crippen MR) is 87.3 cm³/mol. The van der Waals surface area contributed by atoms with Gasteiger partial charge in [0.2, 0.25) is 16.4 Å². The Kier molecular flexibility index (Phi) is 4.35. The topological polar surface area (TPSA) is 87.2 Å². The predicted octanol–water partition coefficient (Wildman–Crippen LogP) is -0.486. The molecule has 1 atom stereocenters. The molecule has 1 unspecified atom stereocenters. The summed E-state index contributed by atoms with van der Waals surface area (Å²) in [6.45, 7) is 1.71. The summed E-state index contributed by atoms with van der Waals surface area (Å²) in [5, 5.41) is 0. The van der Waals surface area contributed by atoms with Gasteiger partial charge >= 0.3 is 0 Å². The van der Waals surface area contributed by atoms with Crippen LogP contribution in [0.1, 0.15) is 0 Å². The van der Waals surface area contributed by atoms with Gasteiger partial charge in [0.15, 0.2) is 6.10 Å². The van der Waals surface area contributed by atoms with E-state index in [-0.39, 0.29) is 12.5 Å². The summed E-state index contributed by atoms with van der Waals surface area (Å²) in [5.41, 5.74) is 0.440. The standard InChI is InChI=1S/C15H19N3O5S/c1-24(21,22)18-10-14(23-13-5-3-2-4-12(13)18)15(20)17-8-6-16(11-19)7-9-17/h2-5,11,14H,6-10H2,1H3. The van der Waals surface area contributed by atoms with Crippen LogP contribution in [0.3, 0.4) is 0 Å². The number of ether oxygens (including phenoxy) is 1. The molecule has 1 aromatic rings. The van der Waals surface area contributed by atoms with Crippen molar-refractivity contribution in [2.45, 2.75) is 6.10 Å². The van der Waals surface area contributed by atoms with Gasteiger partial charge in [-0.15, -0.1) is 0 Å². The molecule has 0 N–H and O–H groups in total. The van der Waals surface area contributed by atoms with Crippen LogP contribution < -0.4 is 9.04 Å². The van der Waals surface area contributed by atoms with Crippen molar-refractivity contribution in [2.75, 3.05) is 43.3 Å². The van der Waals surface area contributed by atoms with Crippen LogP contribution in [-0.4, -0.2) is 75.6 Å². The Hall–Kier alpha value is -2.29. The maximum Gasteiger partial charge on any atom is 0.265 e. The Bertz CT molecular complexity index is 743. The molecule has 0 aromatic heterocycles. The van der Waals surface area contributed by atoms with E-state index in [9.17, 15) is 18.0 Å². The van der Waals surface area contributed by atoms with Gasteiger partial charge in [0.25, 0.3) is 5.91 Å². The molecule has 0 aliphatic carbocycles. The number of piperazine rings is 1. The fraction of sp³-hybridized carbons (Fsp3) is 0.467. The number of sulfonamides is 1. The third-order valence-electron chi connectivity index (χ3n) is 4.19. The molecule has 0 radical (unpaired) electrons. The molecule has 130 valence electrons. The largest absolute Gasteiger partial charge is 0.476 e. The minimum Gasteiger partial charge on any atom is -0.476 e. The summed E-state index contributed by atoms with van der Waals surface area (Å²) in [6.07, 6.45) is 0.984. The lowest BCUT2D eigenvalue weighted by molar-refractivity contribution is -0.141. The third kappa shape index (κ3) is 3.16. The van der Waals surface area contributed by atoms with Gasteiger partial charge in [-0.1, -0.05) is 12.1 Å². The molecule has 2 aliphatic rings. The lowest BCUT2D eigenvalue weighted by atomic mass is 10.2. The Morgan fingerprint density at radius 1 is 1.21 bits per heavy atom. The number of para-hydroxylation sites is 2. The number of carbonyl (C=O) groups is 2. The molecule has 0 bridgehead atoms. The molecule has 2 aliphatic heterocycles. The number of fused-ring (bicyclic) bond motifs is 1. The van der Waals surface area contributed by atoms with E-state index in [1.54, 1.807) is 34.1 Å². The number of carbonyl (C=O) groups excluding carboxylic acids is 2. The Labute approximate surface area is 140 Å². The van der Waals surface area contributed by atoms with E-state index in [1.165, 1.54) is 4.31 Å². The van der Waals surface area contributed by atoms with Gasteiger partial charge < -0.3 is 14.5 Å². The number of hydrogen-bond acceptors (Lipinski definition) is 5. The highest BCUT2D eigenvalue weighted by Gasteiger charge is 2.37. The van der Waals surface area contributed by atoms with Crippen molar-refractivity contribution in [1.82, 2.24) is 9.80 Å². The summed E-state index contributed by atoms with van der Waals surface area (Å²) in [4.78, 5) is 26.7. The molecule has 9 heteroatoms. The van der Waals surface area contributed by atoms with Crippen LogP contribution in [0.2, 0.25) is 0 Å².